The van der Waals surface area contributed by atoms with E-state index >= 15 is 0 Å². The number of sulfonamides is 3. The quantitative estimate of drug-likeness (QED) is 0.0165. The summed E-state index contributed by atoms with van der Waals surface area (Å²) in [6.45, 7) is 5.43. The first-order valence-electron chi connectivity index (χ1n) is 37.1. The van der Waals surface area contributed by atoms with Crippen LogP contribution in [0.15, 0.2) is 124 Å². The third-order valence-electron chi connectivity index (χ3n) is 19.5. The van der Waals surface area contributed by atoms with Gasteiger partial charge in [0.15, 0.2) is 0 Å². The van der Waals surface area contributed by atoms with Crippen molar-refractivity contribution in [2.75, 3.05) is 159 Å². The van der Waals surface area contributed by atoms with Gasteiger partial charge in [-0.1, -0.05) is 106 Å². The van der Waals surface area contributed by atoms with Gasteiger partial charge in [-0.25, -0.2) is 44.2 Å². The molecule has 27 nitrogen and oxygen atoms in total. The molecule has 113 heavy (non-hydrogen) atoms. The smallest absolute Gasteiger partial charge is 0.312 e. The highest BCUT2D eigenvalue weighted by Gasteiger charge is 2.35. The molecule has 9 rings (SSSR count). The normalized spacial score (nSPS) is 16.7. The summed E-state index contributed by atoms with van der Waals surface area (Å²) in [5, 5.41) is 14.3. The average Bonchev–Trinajstić information content (AvgIpc) is 0.781. The minimum atomic E-state index is -3.90. The van der Waals surface area contributed by atoms with Crippen LogP contribution in [0.25, 0.3) is 0 Å². The van der Waals surface area contributed by atoms with Gasteiger partial charge in [0, 0.05) is 151 Å². The van der Waals surface area contributed by atoms with Crippen LogP contribution in [-0.2, 0) is 92.5 Å². The molecule has 0 spiro atoms. The lowest BCUT2D eigenvalue weighted by Crippen LogP contribution is -2.52. The number of carbonyl (C=O) groups excluding carboxylic acids is 4. The molecular formula is C77H99Cl6N11O16S3. The second-order valence-corrected chi connectivity index (χ2v) is 35.9. The molecule has 0 saturated heterocycles. The summed E-state index contributed by atoms with van der Waals surface area (Å²) >= 11 is 38.9. The zero-order valence-corrected chi connectivity index (χ0v) is 70.3. The molecule has 3 unspecified atom stereocenters. The summed E-state index contributed by atoms with van der Waals surface area (Å²) in [6, 6.07) is 30.2. The number of hydrogen-bond acceptors (Lipinski definition) is 19. The van der Waals surface area contributed by atoms with Crippen LogP contribution in [0.5, 0.6) is 0 Å². The Morgan fingerprint density at radius 2 is 0.664 bits per heavy atom. The summed E-state index contributed by atoms with van der Waals surface area (Å²) in [4.78, 5) is 59.4. The molecule has 618 valence electrons. The van der Waals surface area contributed by atoms with E-state index in [-0.39, 0.29) is 190 Å². The van der Waals surface area contributed by atoms with Crippen molar-refractivity contribution in [3.63, 3.8) is 0 Å². The Hall–Kier alpha value is -5.89. The van der Waals surface area contributed by atoms with E-state index in [1.807, 2.05) is 57.5 Å². The van der Waals surface area contributed by atoms with Crippen molar-refractivity contribution >= 4 is 123 Å². The van der Waals surface area contributed by atoms with Crippen molar-refractivity contribution in [2.24, 2.45) is 5.73 Å². The Morgan fingerprint density at radius 3 is 0.929 bits per heavy atom. The first-order chi connectivity index (χ1) is 54.0. The van der Waals surface area contributed by atoms with Gasteiger partial charge in [-0.3, -0.25) is 14.4 Å². The minimum absolute atomic E-state index is 0.00541. The highest BCUT2D eigenvalue weighted by molar-refractivity contribution is 7.90. The largest absolute Gasteiger partial charge is 0.378 e. The van der Waals surface area contributed by atoms with Crippen molar-refractivity contribution < 1.29 is 72.9 Å². The number of halogens is 6. The lowest BCUT2D eigenvalue weighted by molar-refractivity contribution is -0.121. The molecule has 3 aliphatic rings. The molecule has 9 N–H and O–H groups in total. The third kappa shape index (κ3) is 27.9. The molecule has 0 aromatic heterocycles. The average molecular weight is 1740 g/mol. The number of primary amides is 1. The van der Waals surface area contributed by atoms with Crippen LogP contribution in [0.3, 0.4) is 0 Å². The standard InChI is InChI=1S/C77H99Cl6N11O16S3/c1-92-46-64(61-40-55(78)43-70(81)67(61)49-92)52-7-4-10-58(37-52)111(99,100)88-22-28-108-34-31-105-25-19-85-73(95)13-16-77(91-76(84)98,17-14-74(96)86-20-26-106-32-35-109-29-23-89-112(101,102)59-11-5-8-53(38-59)65-47-93(2)50-68-62(65)41-56(79)44-71(68)82)18-15-75(97)87-21-27-107-33-36-110-30-24-90-113(103,104)60-12-6-9-54(39-60)66-48-94(3)51-69-63(66)42-57(80)45-72(69)83/h4-12,37-45,64-66,88-90H,13-36,46-51H2,1-3H3,(H,85,95)(H,86,96)(H,87,97)(H3,84,91,98). The predicted octanol–water partition coefficient (Wildman–Crippen LogP) is 8.77. The number of ether oxygens (including phenoxy) is 6. The number of nitrogens with one attached hydrogen (secondary N) is 7. The van der Waals surface area contributed by atoms with Gasteiger partial charge in [0.1, 0.15) is 0 Å². The first-order valence-corrected chi connectivity index (χ1v) is 43.8. The van der Waals surface area contributed by atoms with E-state index < -0.39 is 59.4 Å². The van der Waals surface area contributed by atoms with E-state index in [1.54, 1.807) is 54.6 Å². The van der Waals surface area contributed by atoms with Crippen LogP contribution in [0.1, 0.15) is 106 Å². The maximum absolute atomic E-state index is 13.4. The van der Waals surface area contributed by atoms with E-state index in [0.29, 0.717) is 69.4 Å². The molecule has 3 heterocycles. The second-order valence-electron chi connectivity index (χ2n) is 28.0. The van der Waals surface area contributed by atoms with E-state index in [1.165, 1.54) is 18.2 Å². The van der Waals surface area contributed by atoms with Crippen molar-refractivity contribution in [1.82, 2.24) is 50.1 Å². The molecule has 0 fully saturated rings. The van der Waals surface area contributed by atoms with Crippen molar-refractivity contribution in [2.45, 2.75) is 96.1 Å². The summed E-state index contributed by atoms with van der Waals surface area (Å²) in [7, 11) is -5.77. The van der Waals surface area contributed by atoms with Crippen molar-refractivity contribution in [3.05, 3.63) is 189 Å². The molecule has 3 atom stereocenters. The molecule has 5 amide bonds. The zero-order chi connectivity index (χ0) is 81.3. The fraction of sp³-hybridized carbons (Fsp3) is 0.481. The number of fused-ring (bicyclic) bond motifs is 3. The maximum atomic E-state index is 13.4. The van der Waals surface area contributed by atoms with E-state index in [0.717, 1.165) is 50.1 Å². The summed E-state index contributed by atoms with van der Waals surface area (Å²) in [5.41, 5.74) is 12.6. The minimum Gasteiger partial charge on any atom is -0.378 e. The number of urea groups is 1. The molecule has 0 saturated carbocycles. The summed E-state index contributed by atoms with van der Waals surface area (Å²) in [6.07, 6.45) is -0.473. The lowest BCUT2D eigenvalue weighted by atomic mass is 9.83. The van der Waals surface area contributed by atoms with Crippen LogP contribution in [0.2, 0.25) is 30.1 Å². The Labute approximate surface area is 692 Å². The number of rotatable bonds is 46. The number of benzene rings is 6. The number of hydrogen-bond donors (Lipinski definition) is 8. The number of nitrogens with zero attached hydrogens (tertiary/aromatic N) is 3. The van der Waals surface area contributed by atoms with Crippen molar-refractivity contribution in [1.29, 1.82) is 0 Å². The lowest BCUT2D eigenvalue weighted by Gasteiger charge is -2.34. The van der Waals surface area contributed by atoms with Crippen molar-refractivity contribution in [3.8, 4) is 0 Å². The van der Waals surface area contributed by atoms with Gasteiger partial charge in [-0.2, -0.15) is 0 Å². The second kappa shape index (κ2) is 44.1. The van der Waals surface area contributed by atoms with Crippen LogP contribution in [-0.4, -0.2) is 229 Å². The maximum Gasteiger partial charge on any atom is 0.312 e. The van der Waals surface area contributed by atoms with Gasteiger partial charge in [-0.15, -0.1) is 0 Å². The topological polar surface area (TPSA) is 346 Å². The first kappa shape index (κ1) is 91.0. The Bertz CT molecular complexity index is 4160. The van der Waals surface area contributed by atoms with Gasteiger partial charge in [0.25, 0.3) is 0 Å². The predicted molar refractivity (Wildman–Crippen MR) is 436 cm³/mol. The highest BCUT2D eigenvalue weighted by atomic mass is 35.5. The highest BCUT2D eigenvalue weighted by Crippen LogP contribution is 2.42. The van der Waals surface area contributed by atoms with Crippen LogP contribution < -0.4 is 41.2 Å². The van der Waals surface area contributed by atoms with E-state index in [9.17, 15) is 44.4 Å². The molecule has 3 aliphatic heterocycles. The molecule has 0 radical (unpaired) electrons. The number of nitrogens with two attached hydrogens (primary N) is 1. The summed E-state index contributed by atoms with van der Waals surface area (Å²) < 4.78 is 122. The molecule has 36 heteroatoms. The van der Waals surface area contributed by atoms with Crippen LogP contribution in [0, 0.1) is 0 Å². The zero-order valence-electron chi connectivity index (χ0n) is 63.3. The summed E-state index contributed by atoms with van der Waals surface area (Å²) in [5.74, 6) is -1.69. The molecule has 6 aromatic rings. The molecule has 6 aromatic carbocycles. The van der Waals surface area contributed by atoms with Gasteiger partial charge in [0.05, 0.1) is 94.0 Å². The number of likely N-dealkylation sites (N-methyl/N-ethyl adjacent to an activating group) is 3. The third-order valence-corrected chi connectivity index (χ3v) is 25.5. The van der Waals surface area contributed by atoms with E-state index in [2.05, 4.69) is 50.1 Å². The van der Waals surface area contributed by atoms with Gasteiger partial charge >= 0.3 is 6.03 Å². The van der Waals surface area contributed by atoms with Gasteiger partial charge in [-0.05, 0) is 163 Å². The molecular weight excluding hydrogens is 1640 g/mol. The monoisotopic (exact) mass is 1740 g/mol. The fourth-order valence-corrected chi connectivity index (χ4v) is 18.9. The van der Waals surface area contributed by atoms with Gasteiger partial charge in [0.2, 0.25) is 47.8 Å². The van der Waals surface area contributed by atoms with Gasteiger partial charge < -0.3 is 70.1 Å². The SMILES string of the molecule is CN1Cc2c(Cl)cc(Cl)cc2C(c2cccc(S(=O)(=O)NCCOCCOCCNC(=O)CCC(CCC(=O)NCCOCCOCCNS(=O)(=O)c3cccc(C4CN(C)Cc5c(Cl)cc(Cl)cc54)c3)(CCC(=O)NCCOCCOCCNS(=O)(=O)c3cccc(C4CN(C)Cc5c(Cl)cc(Cl)cc54)c3)NC(N)=O)c2)C1. The molecule has 0 aliphatic carbocycles. The Morgan fingerprint density at radius 1 is 0.398 bits per heavy atom. The Kier molecular flexibility index (Phi) is 35.5. The fourth-order valence-electron chi connectivity index (χ4n) is 14.0. The molecule has 0 bridgehead atoms. The van der Waals surface area contributed by atoms with E-state index in [4.69, 9.17) is 104 Å². The van der Waals surface area contributed by atoms with Crippen LogP contribution >= 0.6 is 69.6 Å². The Balaban J connectivity index is 0.676. The number of amides is 5. The van der Waals surface area contributed by atoms with Crippen LogP contribution in [0.4, 0.5) is 4.79 Å². The number of carbonyl (C=O) groups is 4.